The van der Waals surface area contributed by atoms with Crippen LogP contribution in [0.1, 0.15) is 5.56 Å². The predicted octanol–water partition coefficient (Wildman–Crippen LogP) is 2.91. The Hall–Kier alpha value is 0.530. The highest BCUT2D eigenvalue weighted by Crippen LogP contribution is 2.54. The van der Waals surface area contributed by atoms with Gasteiger partial charge in [0, 0.05) is 29.9 Å². The highest BCUT2D eigenvalue weighted by Gasteiger charge is 2.25. The van der Waals surface area contributed by atoms with Gasteiger partial charge in [-0.2, -0.15) is 11.8 Å². The molecule has 1 fully saturated rings. The van der Waals surface area contributed by atoms with Crippen LogP contribution in [-0.4, -0.2) is 29.3 Å². The van der Waals surface area contributed by atoms with Gasteiger partial charge < -0.3 is 0 Å². The Kier molecular flexibility index (Phi) is 4.42. The molecule has 1 heterocycles. The highest BCUT2D eigenvalue weighted by atomic mass is 32.9. The molecule has 0 aliphatic carbocycles. The average Bonchev–Trinajstić information content (AvgIpc) is 2.31. The van der Waals surface area contributed by atoms with Crippen LogP contribution in [0.5, 0.6) is 0 Å². The normalized spacial score (nSPS) is 21.6. The Bertz CT molecular complexity index is 398. The first-order valence-electron chi connectivity index (χ1n) is 5.34. The van der Waals surface area contributed by atoms with Crippen LogP contribution >= 0.6 is 29.4 Å². The summed E-state index contributed by atoms with van der Waals surface area (Å²) in [5.74, 6) is 2.37. The predicted molar refractivity (Wildman–Crippen MR) is 83.0 cm³/mol. The highest BCUT2D eigenvalue weighted by molar-refractivity contribution is 8.65. The molecular weight excluding hydrogens is 273 g/mol. The zero-order valence-electron chi connectivity index (χ0n) is 9.30. The van der Waals surface area contributed by atoms with Crippen molar-refractivity contribution in [2.75, 3.05) is 24.6 Å². The van der Waals surface area contributed by atoms with Gasteiger partial charge in [-0.1, -0.05) is 41.6 Å². The molecule has 1 atom stereocenters. The summed E-state index contributed by atoms with van der Waals surface area (Å²) in [6, 6.07) is 8.55. The fourth-order valence-corrected chi connectivity index (χ4v) is 6.30. The number of aryl methyl sites for hydroxylation is 1. The van der Waals surface area contributed by atoms with Gasteiger partial charge in [-0.3, -0.25) is 4.67 Å². The maximum Gasteiger partial charge on any atom is 0.0923 e. The maximum atomic E-state index is 5.77. The van der Waals surface area contributed by atoms with E-state index in [1.807, 2.05) is 11.8 Å². The van der Waals surface area contributed by atoms with Crippen LogP contribution in [0, 0.1) is 6.92 Å². The van der Waals surface area contributed by atoms with Gasteiger partial charge in [-0.15, -0.1) is 12.2 Å². The molecule has 1 aliphatic heterocycles. The van der Waals surface area contributed by atoms with Crippen LogP contribution < -0.4 is 5.30 Å². The van der Waals surface area contributed by atoms with Crippen molar-refractivity contribution in [3.63, 3.8) is 0 Å². The lowest BCUT2D eigenvalue weighted by atomic mass is 10.2. The molecule has 0 radical (unpaired) electrons. The lowest BCUT2D eigenvalue weighted by molar-refractivity contribution is 0.513. The van der Waals surface area contributed by atoms with Crippen molar-refractivity contribution in [2.24, 2.45) is 0 Å². The maximum absolute atomic E-state index is 5.77. The monoisotopic (exact) mass is 289 g/mol. The second-order valence-electron chi connectivity index (χ2n) is 3.95. The summed E-state index contributed by atoms with van der Waals surface area (Å²) in [5.41, 5.74) is 1.28. The number of nitrogens with zero attached hydrogens (tertiary/aromatic N) is 1. The summed E-state index contributed by atoms with van der Waals surface area (Å²) in [7, 11) is 0. The SMILES string of the molecule is Cc1ccc(P(=S)(S)N2CCSCC2)cc1. The first-order valence-corrected chi connectivity index (χ1v) is 10.4. The second kappa shape index (κ2) is 5.45. The van der Waals surface area contributed by atoms with E-state index >= 15 is 0 Å². The van der Waals surface area contributed by atoms with E-state index in [4.69, 9.17) is 24.1 Å². The van der Waals surface area contributed by atoms with Crippen molar-refractivity contribution in [1.82, 2.24) is 4.67 Å². The van der Waals surface area contributed by atoms with E-state index in [0.29, 0.717) is 0 Å². The molecule has 88 valence electrons. The van der Waals surface area contributed by atoms with Crippen LogP contribution in [0.15, 0.2) is 24.3 Å². The van der Waals surface area contributed by atoms with Crippen molar-refractivity contribution >= 4 is 46.5 Å². The van der Waals surface area contributed by atoms with Crippen LogP contribution in [0.4, 0.5) is 0 Å². The number of hydrogen-bond donors (Lipinski definition) is 1. The minimum Gasteiger partial charge on any atom is -0.262 e. The summed E-state index contributed by atoms with van der Waals surface area (Å²) in [5, 5.41) is -0.567. The summed E-state index contributed by atoms with van der Waals surface area (Å²) in [4.78, 5) is 0. The quantitative estimate of drug-likeness (QED) is 0.659. The van der Waals surface area contributed by atoms with E-state index in [1.54, 1.807) is 0 Å². The van der Waals surface area contributed by atoms with Gasteiger partial charge in [-0.25, -0.2) is 0 Å². The average molecular weight is 289 g/mol. The lowest BCUT2D eigenvalue weighted by Crippen LogP contribution is -2.31. The Morgan fingerprint density at radius 3 is 2.38 bits per heavy atom. The van der Waals surface area contributed by atoms with Crippen molar-refractivity contribution in [3.8, 4) is 0 Å². The molecular formula is C11H16NPS3. The van der Waals surface area contributed by atoms with Gasteiger partial charge in [0.15, 0.2) is 0 Å². The van der Waals surface area contributed by atoms with E-state index in [1.165, 1.54) is 22.4 Å². The lowest BCUT2D eigenvalue weighted by Gasteiger charge is -2.34. The molecule has 1 aromatic rings. The zero-order valence-corrected chi connectivity index (χ0v) is 12.7. The zero-order chi connectivity index (χ0) is 11.6. The summed E-state index contributed by atoms with van der Waals surface area (Å²) in [6.45, 7) is 4.27. The molecule has 0 amide bonds. The van der Waals surface area contributed by atoms with Crippen molar-refractivity contribution < 1.29 is 0 Å². The van der Waals surface area contributed by atoms with Crippen LogP contribution in [0.3, 0.4) is 0 Å². The van der Waals surface area contributed by atoms with Gasteiger partial charge >= 0.3 is 0 Å². The minimum atomic E-state index is -1.79. The Morgan fingerprint density at radius 2 is 1.81 bits per heavy atom. The molecule has 2 rings (SSSR count). The van der Waals surface area contributed by atoms with Gasteiger partial charge in [0.05, 0.1) is 5.39 Å². The van der Waals surface area contributed by atoms with Crippen LogP contribution in [0.25, 0.3) is 0 Å². The van der Waals surface area contributed by atoms with Gasteiger partial charge in [0.25, 0.3) is 0 Å². The smallest absolute Gasteiger partial charge is 0.0923 e. The van der Waals surface area contributed by atoms with Crippen LogP contribution in [0.2, 0.25) is 0 Å². The van der Waals surface area contributed by atoms with E-state index in [0.717, 1.165) is 13.1 Å². The summed E-state index contributed by atoms with van der Waals surface area (Å²) in [6.07, 6.45) is 0. The number of thiol groups is 1. The molecule has 0 saturated carbocycles. The Morgan fingerprint density at radius 1 is 1.25 bits per heavy atom. The standard InChI is InChI=1S/C11H16NPS3/c1-10-2-4-11(5-3-10)13(14,15)12-6-8-16-9-7-12/h2-5H,6-9H2,1H3,(H,14,15). The van der Waals surface area contributed by atoms with E-state index < -0.39 is 5.39 Å². The number of thioether (sulfide) groups is 1. The molecule has 1 aromatic carbocycles. The number of benzene rings is 1. The molecule has 0 aromatic heterocycles. The molecule has 0 bridgehead atoms. The summed E-state index contributed by atoms with van der Waals surface area (Å²) < 4.78 is 2.40. The van der Waals surface area contributed by atoms with Gasteiger partial charge in [-0.05, 0) is 6.92 Å². The molecule has 1 aliphatic rings. The third-order valence-corrected chi connectivity index (χ3v) is 8.60. The Balaban J connectivity index is 2.23. The third-order valence-electron chi connectivity index (χ3n) is 2.74. The topological polar surface area (TPSA) is 3.24 Å². The first kappa shape index (κ1) is 13.0. The van der Waals surface area contributed by atoms with E-state index in [-0.39, 0.29) is 0 Å². The molecule has 1 nitrogen and oxygen atoms in total. The molecule has 0 N–H and O–H groups in total. The van der Waals surface area contributed by atoms with Crippen molar-refractivity contribution in [3.05, 3.63) is 29.8 Å². The van der Waals surface area contributed by atoms with Gasteiger partial charge in [0.2, 0.25) is 0 Å². The fraction of sp³-hybridized carbons (Fsp3) is 0.455. The number of hydrogen-bond acceptors (Lipinski definition) is 2. The van der Waals surface area contributed by atoms with Gasteiger partial charge in [0.1, 0.15) is 0 Å². The first-order chi connectivity index (χ1) is 7.60. The molecule has 1 saturated heterocycles. The molecule has 0 spiro atoms. The van der Waals surface area contributed by atoms with Crippen molar-refractivity contribution in [1.29, 1.82) is 0 Å². The van der Waals surface area contributed by atoms with Crippen molar-refractivity contribution in [2.45, 2.75) is 6.92 Å². The third kappa shape index (κ3) is 2.85. The van der Waals surface area contributed by atoms with E-state index in [2.05, 4.69) is 35.9 Å². The number of rotatable bonds is 2. The Labute approximate surface area is 112 Å². The second-order valence-corrected chi connectivity index (χ2v) is 11.5. The minimum absolute atomic E-state index is 1.08. The fourth-order valence-electron chi connectivity index (χ4n) is 1.73. The summed E-state index contributed by atoms with van der Waals surface area (Å²) >= 11 is 12.6. The largest absolute Gasteiger partial charge is 0.262 e. The van der Waals surface area contributed by atoms with E-state index in [9.17, 15) is 0 Å². The molecule has 1 unspecified atom stereocenters. The molecule has 16 heavy (non-hydrogen) atoms. The molecule has 5 heteroatoms. The van der Waals surface area contributed by atoms with Crippen LogP contribution in [-0.2, 0) is 11.8 Å².